The molecule has 1 aliphatic heterocycles. The van der Waals surface area contributed by atoms with Crippen LogP contribution in [0, 0.1) is 6.92 Å². The van der Waals surface area contributed by atoms with Crippen LogP contribution in [0.5, 0.6) is 0 Å². The van der Waals surface area contributed by atoms with E-state index in [1.807, 2.05) is 98.0 Å². The van der Waals surface area contributed by atoms with Crippen LogP contribution in [0.2, 0.25) is 0 Å². The van der Waals surface area contributed by atoms with Crippen molar-refractivity contribution >= 4 is 17.7 Å². The molecule has 3 aromatic carbocycles. The van der Waals surface area contributed by atoms with E-state index in [0.29, 0.717) is 25.3 Å². The molecular formula is C33H37N5O4. The number of benzene rings is 3. The van der Waals surface area contributed by atoms with E-state index in [-0.39, 0.29) is 18.1 Å². The first-order valence-electron chi connectivity index (χ1n) is 14.2. The number of nitrogens with zero attached hydrogens (tertiary/aromatic N) is 1. The van der Waals surface area contributed by atoms with E-state index in [0.717, 1.165) is 34.6 Å². The zero-order chi connectivity index (χ0) is 29.3. The van der Waals surface area contributed by atoms with Crippen molar-refractivity contribution in [3.05, 3.63) is 119 Å². The lowest BCUT2D eigenvalue weighted by atomic mass is 9.84. The van der Waals surface area contributed by atoms with E-state index in [4.69, 9.17) is 9.47 Å². The lowest BCUT2D eigenvalue weighted by Crippen LogP contribution is -2.48. The molecule has 4 aromatic rings. The minimum atomic E-state index is -0.927. The second kappa shape index (κ2) is 13.9. The Kier molecular flexibility index (Phi) is 9.63. The van der Waals surface area contributed by atoms with Crippen LogP contribution in [-0.2, 0) is 20.7 Å². The Labute approximate surface area is 246 Å². The quantitative estimate of drug-likeness (QED) is 0.217. The summed E-state index contributed by atoms with van der Waals surface area (Å²) >= 11 is 0. The van der Waals surface area contributed by atoms with Crippen LogP contribution >= 0.6 is 0 Å². The highest BCUT2D eigenvalue weighted by Crippen LogP contribution is 2.30. The van der Waals surface area contributed by atoms with Gasteiger partial charge in [-0.05, 0) is 42.5 Å². The number of ether oxygens (including phenoxy) is 2. The average Bonchev–Trinajstić information content (AvgIpc) is 3.47. The first-order valence-corrected chi connectivity index (χ1v) is 14.2. The van der Waals surface area contributed by atoms with E-state index in [1.54, 1.807) is 0 Å². The molecule has 1 aromatic heterocycles. The van der Waals surface area contributed by atoms with Crippen molar-refractivity contribution in [3.8, 4) is 0 Å². The number of aromatic nitrogens is 2. The Morgan fingerprint density at radius 3 is 2.26 bits per heavy atom. The molecule has 5 rings (SSSR count). The van der Waals surface area contributed by atoms with Gasteiger partial charge in [0.15, 0.2) is 0 Å². The van der Waals surface area contributed by atoms with Crippen LogP contribution in [0.1, 0.15) is 46.6 Å². The Balaban J connectivity index is 1.30. The molecule has 9 heteroatoms. The molecule has 42 heavy (non-hydrogen) atoms. The largest absolute Gasteiger partial charge is 0.453 e. The first kappa shape index (κ1) is 29.0. The highest BCUT2D eigenvalue weighted by molar-refractivity contribution is 5.98. The van der Waals surface area contributed by atoms with Crippen LogP contribution in [0.25, 0.3) is 0 Å². The normalized spacial score (nSPS) is 17.4. The molecule has 0 spiro atoms. The third-order valence-corrected chi connectivity index (χ3v) is 7.55. The maximum Gasteiger partial charge on any atom is 0.407 e. The summed E-state index contributed by atoms with van der Waals surface area (Å²) in [7, 11) is 1.29. The van der Waals surface area contributed by atoms with Crippen LogP contribution < -0.4 is 16.0 Å². The lowest BCUT2D eigenvalue weighted by molar-refractivity contribution is -0.118. The van der Waals surface area contributed by atoms with Crippen molar-refractivity contribution in [1.29, 1.82) is 0 Å². The molecule has 0 saturated carbocycles. The van der Waals surface area contributed by atoms with E-state index in [9.17, 15) is 9.59 Å². The standard InChI is InChI=1S/C33H37N5O4/c1-22-19-35-31(36-22)28-21-42-26(20-34-28)18-17-23-11-9-10-16-27(23)37-32(39)30(38-33(40)41-2)29(24-12-5-3-6-13-24)25-14-7-4-8-15-25/h3-16,19,26,28-30,34H,17-18,20-21H2,1-2H3,(H,35,36)(H,37,39)(H,38,40)/t26-,28+,30?/m1/s1. The summed E-state index contributed by atoms with van der Waals surface area (Å²) in [5, 5.41) is 9.42. The lowest BCUT2D eigenvalue weighted by Gasteiger charge is -2.30. The summed E-state index contributed by atoms with van der Waals surface area (Å²) < 4.78 is 11.1. The molecule has 0 radical (unpaired) electrons. The molecule has 2 amide bonds. The zero-order valence-corrected chi connectivity index (χ0v) is 23.9. The Hall–Kier alpha value is -4.47. The molecule has 1 aliphatic rings. The Morgan fingerprint density at radius 1 is 1.00 bits per heavy atom. The number of amides is 2. The van der Waals surface area contributed by atoms with Crippen LogP contribution in [0.3, 0.4) is 0 Å². The molecular weight excluding hydrogens is 530 g/mol. The summed E-state index contributed by atoms with van der Waals surface area (Å²) in [5.74, 6) is 0.113. The van der Waals surface area contributed by atoms with Gasteiger partial charge in [-0.1, -0.05) is 78.9 Å². The molecule has 218 valence electrons. The second-order valence-corrected chi connectivity index (χ2v) is 10.5. The zero-order valence-electron chi connectivity index (χ0n) is 23.9. The fraction of sp³-hybridized carbons (Fsp3) is 0.303. The number of aryl methyl sites for hydroxylation is 2. The summed E-state index contributed by atoms with van der Waals surface area (Å²) in [6.07, 6.45) is 2.68. The molecule has 4 N–H and O–H groups in total. The number of carbonyl (C=O) groups is 2. The summed E-state index contributed by atoms with van der Waals surface area (Å²) in [5.41, 5.74) is 4.52. The number of para-hydroxylation sites is 1. The minimum Gasteiger partial charge on any atom is -0.453 e. The van der Waals surface area contributed by atoms with Crippen molar-refractivity contribution in [2.45, 2.75) is 43.9 Å². The third-order valence-electron chi connectivity index (χ3n) is 7.55. The van der Waals surface area contributed by atoms with Gasteiger partial charge in [0.05, 0.1) is 25.9 Å². The maximum atomic E-state index is 14.0. The van der Waals surface area contributed by atoms with Crippen molar-refractivity contribution in [1.82, 2.24) is 20.6 Å². The van der Waals surface area contributed by atoms with E-state index in [2.05, 4.69) is 25.9 Å². The number of aromatic amines is 1. The topological polar surface area (TPSA) is 117 Å². The van der Waals surface area contributed by atoms with Crippen molar-refractivity contribution in [2.75, 3.05) is 25.6 Å². The molecule has 1 fully saturated rings. The number of hydrogen-bond acceptors (Lipinski definition) is 6. The van der Waals surface area contributed by atoms with Gasteiger partial charge in [0.1, 0.15) is 11.9 Å². The van der Waals surface area contributed by atoms with Gasteiger partial charge in [-0.2, -0.15) is 0 Å². The molecule has 0 bridgehead atoms. The number of hydrogen-bond donors (Lipinski definition) is 4. The molecule has 2 heterocycles. The third kappa shape index (κ3) is 7.23. The van der Waals surface area contributed by atoms with Gasteiger partial charge >= 0.3 is 6.09 Å². The highest BCUT2D eigenvalue weighted by atomic mass is 16.5. The van der Waals surface area contributed by atoms with Crippen LogP contribution in [-0.4, -0.2) is 54.4 Å². The number of nitrogens with one attached hydrogen (secondary N) is 4. The number of carbonyl (C=O) groups excluding carboxylic acids is 2. The van der Waals surface area contributed by atoms with Gasteiger partial charge in [-0.25, -0.2) is 9.78 Å². The van der Waals surface area contributed by atoms with Gasteiger partial charge in [0, 0.05) is 30.0 Å². The van der Waals surface area contributed by atoms with Gasteiger partial charge < -0.3 is 30.4 Å². The van der Waals surface area contributed by atoms with E-state index >= 15 is 0 Å². The smallest absolute Gasteiger partial charge is 0.407 e. The number of anilines is 1. The van der Waals surface area contributed by atoms with Gasteiger partial charge in [-0.3, -0.25) is 4.79 Å². The van der Waals surface area contributed by atoms with Gasteiger partial charge in [0.2, 0.25) is 5.91 Å². The highest BCUT2D eigenvalue weighted by Gasteiger charge is 2.33. The van der Waals surface area contributed by atoms with Gasteiger partial charge in [-0.15, -0.1) is 0 Å². The van der Waals surface area contributed by atoms with Crippen LogP contribution in [0.4, 0.5) is 10.5 Å². The van der Waals surface area contributed by atoms with Crippen molar-refractivity contribution < 1.29 is 19.1 Å². The number of H-pyrrole nitrogens is 1. The molecule has 0 aliphatic carbocycles. The summed E-state index contributed by atoms with van der Waals surface area (Å²) in [6.45, 7) is 3.23. The van der Waals surface area contributed by atoms with Crippen molar-refractivity contribution in [2.24, 2.45) is 0 Å². The maximum absolute atomic E-state index is 14.0. The SMILES string of the molecule is COC(=O)NC(C(=O)Nc1ccccc1CC[C@@H]1CN[C@H](c2ncc(C)[nH]2)CO1)C(c1ccccc1)c1ccccc1. The Morgan fingerprint density at radius 2 is 1.67 bits per heavy atom. The Bertz CT molecular complexity index is 1410. The molecule has 1 unspecified atom stereocenters. The molecule has 9 nitrogen and oxygen atoms in total. The molecule has 1 saturated heterocycles. The van der Waals surface area contributed by atoms with E-state index < -0.39 is 18.1 Å². The van der Waals surface area contributed by atoms with E-state index in [1.165, 1.54) is 7.11 Å². The molecule has 3 atom stereocenters. The predicted molar refractivity (Wildman–Crippen MR) is 161 cm³/mol. The summed E-state index contributed by atoms with van der Waals surface area (Å²) in [6, 6.07) is 26.2. The fourth-order valence-corrected chi connectivity index (χ4v) is 5.37. The fourth-order valence-electron chi connectivity index (χ4n) is 5.37. The second-order valence-electron chi connectivity index (χ2n) is 10.5. The number of morpholine rings is 1. The number of imidazole rings is 1. The first-order chi connectivity index (χ1) is 20.5. The number of alkyl carbamates (subject to hydrolysis) is 1. The van der Waals surface area contributed by atoms with Crippen molar-refractivity contribution in [3.63, 3.8) is 0 Å². The minimum absolute atomic E-state index is 0.0374. The number of methoxy groups -OCH3 is 1. The monoisotopic (exact) mass is 567 g/mol. The van der Waals surface area contributed by atoms with Crippen LogP contribution in [0.15, 0.2) is 91.1 Å². The predicted octanol–water partition coefficient (Wildman–Crippen LogP) is 4.88. The summed E-state index contributed by atoms with van der Waals surface area (Å²) in [4.78, 5) is 34.1. The number of rotatable bonds is 10. The van der Waals surface area contributed by atoms with Gasteiger partial charge in [0.25, 0.3) is 0 Å². The average molecular weight is 568 g/mol.